The second-order valence-corrected chi connectivity index (χ2v) is 11.7. The minimum atomic E-state index is -1.37. The molecule has 0 heterocycles. The summed E-state index contributed by atoms with van der Waals surface area (Å²) in [5, 5.41) is 0. The molecule has 0 amide bonds. The molecule has 0 saturated carbocycles. The minimum Gasteiger partial charge on any atom is -0.438 e. The van der Waals surface area contributed by atoms with E-state index in [4.69, 9.17) is 25.6 Å². The third-order valence-corrected chi connectivity index (χ3v) is 11.4. The van der Waals surface area contributed by atoms with Crippen LogP contribution in [0.15, 0.2) is 0 Å². The predicted molar refractivity (Wildman–Crippen MR) is 79.0 cm³/mol. The fourth-order valence-corrected chi connectivity index (χ4v) is 9.93. The Balaban J connectivity index is 3.75. The van der Waals surface area contributed by atoms with Gasteiger partial charge in [0.2, 0.25) is 9.76 Å². The topological polar surface area (TPSA) is 55.4 Å². The van der Waals surface area contributed by atoms with Gasteiger partial charge in [0.25, 0.3) is 0 Å². The zero-order chi connectivity index (χ0) is 14.0. The summed E-state index contributed by atoms with van der Waals surface area (Å²) < 4.78 is 32.5. The molecule has 104 valence electrons. The second-order valence-electron chi connectivity index (χ2n) is 3.04. The van der Waals surface area contributed by atoms with Gasteiger partial charge in [-0.25, -0.2) is 0 Å². The first-order valence-electron chi connectivity index (χ1n) is 5.43. The van der Waals surface area contributed by atoms with Crippen molar-refractivity contribution >= 4 is 56.7 Å². The van der Waals surface area contributed by atoms with Gasteiger partial charge in [-0.3, -0.25) is 9.15 Å². The maximum Gasteiger partial charge on any atom is 0.408 e. The molecular formula is C6H20O6Si6. The van der Waals surface area contributed by atoms with Crippen molar-refractivity contribution in [2.24, 2.45) is 0 Å². The summed E-state index contributed by atoms with van der Waals surface area (Å²) >= 11 is 0. The molecule has 0 aliphatic heterocycles. The van der Waals surface area contributed by atoms with Crippen LogP contribution in [0.1, 0.15) is 0 Å². The Morgan fingerprint density at radius 3 is 1.67 bits per heavy atom. The fourth-order valence-electron chi connectivity index (χ4n) is 0.972. The largest absolute Gasteiger partial charge is 0.438 e. The summed E-state index contributed by atoms with van der Waals surface area (Å²) in [5.41, 5.74) is 0. The van der Waals surface area contributed by atoms with E-state index in [2.05, 4.69) is 0 Å². The Morgan fingerprint density at radius 2 is 1.17 bits per heavy atom. The van der Waals surface area contributed by atoms with Gasteiger partial charge in [-0.15, -0.1) is 0 Å². The zero-order valence-corrected chi connectivity index (χ0v) is 17.9. The van der Waals surface area contributed by atoms with Gasteiger partial charge in [-0.05, 0) is 39.3 Å². The molecule has 0 spiro atoms. The molecule has 0 aromatic heterocycles. The lowest BCUT2D eigenvalue weighted by Crippen LogP contribution is -2.38. The molecule has 0 saturated heterocycles. The maximum absolute atomic E-state index is 5.73. The van der Waals surface area contributed by atoms with Gasteiger partial charge in [-0.1, -0.05) is 0 Å². The van der Waals surface area contributed by atoms with Crippen molar-refractivity contribution < 1.29 is 25.6 Å². The highest BCUT2D eigenvalue weighted by Crippen LogP contribution is 2.01. The lowest BCUT2D eigenvalue weighted by Gasteiger charge is -2.20. The Labute approximate surface area is 121 Å². The van der Waals surface area contributed by atoms with Gasteiger partial charge >= 0.3 is 37.1 Å². The Morgan fingerprint density at radius 1 is 0.667 bits per heavy atom. The third kappa shape index (κ3) is 10.9. The molecule has 0 aromatic carbocycles. The lowest BCUT2D eigenvalue weighted by molar-refractivity contribution is -0.117. The quantitative estimate of drug-likeness (QED) is 0.301. The van der Waals surface area contributed by atoms with Crippen LogP contribution in [0.2, 0.25) is 39.3 Å². The molecule has 18 heavy (non-hydrogen) atoms. The number of hydrogen-bond donors (Lipinski definition) is 0. The van der Waals surface area contributed by atoms with E-state index in [9.17, 15) is 0 Å². The van der Waals surface area contributed by atoms with Crippen molar-refractivity contribution in [3.05, 3.63) is 0 Å². The molecule has 0 N–H and O–H groups in total. The summed E-state index contributed by atoms with van der Waals surface area (Å²) in [5.74, 6) is 0. The van der Waals surface area contributed by atoms with Crippen molar-refractivity contribution in [3.8, 4) is 0 Å². The summed E-state index contributed by atoms with van der Waals surface area (Å²) in [6.45, 7) is 11.8. The smallest absolute Gasteiger partial charge is 0.408 e. The lowest BCUT2D eigenvalue weighted by atomic mass is 11.9. The molecule has 0 aromatic rings. The maximum atomic E-state index is 5.73. The highest BCUT2D eigenvalue weighted by atomic mass is 28.4. The summed E-state index contributed by atoms with van der Waals surface area (Å²) in [6.07, 6.45) is 0. The van der Waals surface area contributed by atoms with E-state index < -0.39 is 37.1 Å². The fraction of sp³-hybridized carbons (Fsp3) is 1.00. The molecule has 0 bridgehead atoms. The molecule has 6 nitrogen and oxygen atoms in total. The number of hydrogen-bond acceptors (Lipinski definition) is 6. The summed E-state index contributed by atoms with van der Waals surface area (Å²) in [4.78, 5) is 0. The van der Waals surface area contributed by atoms with Gasteiger partial charge in [0.05, 0.1) is 0 Å². The zero-order valence-electron chi connectivity index (χ0n) is 11.6. The van der Waals surface area contributed by atoms with Gasteiger partial charge in [-0.2, -0.15) is 0 Å². The van der Waals surface area contributed by atoms with Crippen LogP contribution in [-0.4, -0.2) is 56.7 Å². The van der Waals surface area contributed by atoms with Crippen molar-refractivity contribution in [2.45, 2.75) is 39.3 Å². The van der Waals surface area contributed by atoms with Crippen LogP contribution in [0, 0.1) is 0 Å². The highest BCUT2D eigenvalue weighted by Gasteiger charge is 2.23. The molecule has 0 rings (SSSR count). The molecule has 0 unspecified atom stereocenters. The Kier molecular flexibility index (Phi) is 12.6. The van der Waals surface area contributed by atoms with E-state index in [0.717, 1.165) is 0 Å². The molecule has 0 aliphatic carbocycles. The molecule has 12 heteroatoms. The van der Waals surface area contributed by atoms with Crippen LogP contribution >= 0.6 is 0 Å². The number of rotatable bonds is 11. The molecule has 0 atom stereocenters. The van der Waals surface area contributed by atoms with Crippen LogP contribution in [0.25, 0.3) is 0 Å². The molecule has 0 fully saturated rings. The van der Waals surface area contributed by atoms with Gasteiger partial charge in [0.1, 0.15) is 0 Å². The average molecular weight is 357 g/mol. The van der Waals surface area contributed by atoms with Crippen LogP contribution < -0.4 is 0 Å². The molecule has 6 radical (unpaired) electrons. The summed E-state index contributed by atoms with van der Waals surface area (Å²) in [7, 11) is -5.25. The molecule has 0 aliphatic rings. The van der Waals surface area contributed by atoms with E-state index in [-0.39, 0.29) is 19.5 Å². The second kappa shape index (κ2) is 11.9. The van der Waals surface area contributed by atoms with E-state index in [1.165, 1.54) is 0 Å². The van der Waals surface area contributed by atoms with Crippen LogP contribution in [0.4, 0.5) is 0 Å². The predicted octanol–water partition coefficient (Wildman–Crippen LogP) is 0.272. The van der Waals surface area contributed by atoms with Crippen molar-refractivity contribution in [1.82, 2.24) is 0 Å². The summed E-state index contributed by atoms with van der Waals surface area (Å²) in [6, 6.07) is 0. The van der Waals surface area contributed by atoms with E-state index in [0.29, 0.717) is 0 Å². The Bertz CT molecular complexity index is 201. The highest BCUT2D eigenvalue weighted by molar-refractivity contribution is 6.67. The first-order valence-corrected chi connectivity index (χ1v) is 15.9. The normalized spacial score (nSPS) is 12.3. The first kappa shape index (κ1) is 19.1. The van der Waals surface area contributed by atoms with E-state index in [1.54, 1.807) is 0 Å². The minimum absolute atomic E-state index is 0.0280. The molecular weight excluding hydrogens is 337 g/mol. The van der Waals surface area contributed by atoms with E-state index >= 15 is 0 Å². The average Bonchev–Trinajstić information content (AvgIpc) is 2.25. The van der Waals surface area contributed by atoms with Gasteiger partial charge in [0, 0.05) is 0 Å². The van der Waals surface area contributed by atoms with Crippen LogP contribution in [0.3, 0.4) is 0 Å². The van der Waals surface area contributed by atoms with Crippen LogP contribution in [-0.2, 0) is 25.6 Å². The Hall–Kier alpha value is 1.06. The van der Waals surface area contributed by atoms with Gasteiger partial charge in [0.15, 0.2) is 9.76 Å². The third-order valence-electron chi connectivity index (χ3n) is 1.41. The van der Waals surface area contributed by atoms with E-state index in [1.807, 2.05) is 39.3 Å². The van der Waals surface area contributed by atoms with Crippen LogP contribution in [0.5, 0.6) is 0 Å². The first-order chi connectivity index (χ1) is 8.49. The van der Waals surface area contributed by atoms with Crippen molar-refractivity contribution in [2.75, 3.05) is 0 Å². The SMILES string of the molecule is C[SiH]OO[Si](C)O[Si](C)O[Si](C)O[Si](C)O[SiH]C. The van der Waals surface area contributed by atoms with Crippen molar-refractivity contribution in [3.63, 3.8) is 0 Å². The van der Waals surface area contributed by atoms with Crippen molar-refractivity contribution in [1.29, 1.82) is 0 Å². The van der Waals surface area contributed by atoms with Gasteiger partial charge < -0.3 is 16.5 Å². The monoisotopic (exact) mass is 356 g/mol. The standard InChI is InChI=1S/C6H20O6Si6/c1-13-7-8-15(3)10-17(5)12-18(6)11-16(4)9-14-2/h13-14H,1-6H3.